The van der Waals surface area contributed by atoms with Crippen LogP contribution in [0.5, 0.6) is 0 Å². The summed E-state index contributed by atoms with van der Waals surface area (Å²) in [5, 5.41) is 9.90. The molecule has 28 heavy (non-hydrogen) atoms. The van der Waals surface area contributed by atoms with Gasteiger partial charge in [-0.2, -0.15) is 14.9 Å². The number of hydrogen-bond acceptors (Lipinski definition) is 5. The maximum Gasteiger partial charge on any atom is 0.282 e. The van der Waals surface area contributed by atoms with Crippen LogP contribution in [0.15, 0.2) is 46.6 Å². The molecule has 142 valence electrons. The molecule has 6 nitrogen and oxygen atoms in total. The van der Waals surface area contributed by atoms with Crippen molar-refractivity contribution in [2.24, 2.45) is 5.10 Å². The van der Waals surface area contributed by atoms with E-state index >= 15 is 0 Å². The molecule has 3 heterocycles. The summed E-state index contributed by atoms with van der Waals surface area (Å²) in [6.45, 7) is 6.35. The Balaban J connectivity index is 1.69. The van der Waals surface area contributed by atoms with E-state index in [9.17, 15) is 4.79 Å². The first-order valence-corrected chi connectivity index (χ1v) is 9.93. The van der Waals surface area contributed by atoms with Crippen LogP contribution in [0.3, 0.4) is 0 Å². The Bertz CT molecular complexity index is 1250. The van der Waals surface area contributed by atoms with Crippen molar-refractivity contribution in [2.75, 3.05) is 0 Å². The molecule has 0 saturated carbocycles. The van der Waals surface area contributed by atoms with Crippen molar-refractivity contribution in [1.82, 2.24) is 19.4 Å². The molecule has 0 aliphatic rings. The number of rotatable bonds is 4. The maximum absolute atomic E-state index is 12.8. The van der Waals surface area contributed by atoms with Gasteiger partial charge in [-0.3, -0.25) is 4.79 Å². The molecule has 0 bridgehead atoms. The van der Waals surface area contributed by atoms with E-state index in [1.807, 2.05) is 51.1 Å². The fraction of sp³-hybridized carbons (Fsp3) is 0.200. The zero-order valence-corrected chi connectivity index (χ0v) is 17.3. The first-order valence-electron chi connectivity index (χ1n) is 8.74. The summed E-state index contributed by atoms with van der Waals surface area (Å²) < 4.78 is 2.97. The largest absolute Gasteiger partial charge is 0.282 e. The molecule has 0 aliphatic heterocycles. The van der Waals surface area contributed by atoms with E-state index in [2.05, 4.69) is 15.2 Å². The van der Waals surface area contributed by atoms with Crippen molar-refractivity contribution in [3.8, 4) is 0 Å². The minimum absolute atomic E-state index is 0.187. The van der Waals surface area contributed by atoms with E-state index < -0.39 is 0 Å². The molecule has 0 unspecified atom stereocenters. The fourth-order valence-electron chi connectivity index (χ4n) is 3.00. The van der Waals surface area contributed by atoms with Crippen LogP contribution in [0.1, 0.15) is 27.3 Å². The average Bonchev–Trinajstić information content (AvgIpc) is 3.12. The first-order chi connectivity index (χ1) is 13.5. The van der Waals surface area contributed by atoms with Gasteiger partial charge in [0.1, 0.15) is 16.3 Å². The van der Waals surface area contributed by atoms with Gasteiger partial charge in [0.25, 0.3) is 5.56 Å². The predicted octanol–water partition coefficient (Wildman–Crippen LogP) is 4.16. The summed E-state index contributed by atoms with van der Waals surface area (Å²) in [5.74, 6) is 0. The van der Waals surface area contributed by atoms with Gasteiger partial charge < -0.3 is 0 Å². The smallest absolute Gasteiger partial charge is 0.267 e. The van der Waals surface area contributed by atoms with Gasteiger partial charge in [0, 0.05) is 4.88 Å². The van der Waals surface area contributed by atoms with Crippen LogP contribution < -0.4 is 5.56 Å². The molecule has 8 heteroatoms. The highest BCUT2D eigenvalue weighted by Crippen LogP contribution is 2.25. The maximum atomic E-state index is 12.8. The minimum Gasteiger partial charge on any atom is -0.267 e. The van der Waals surface area contributed by atoms with Gasteiger partial charge in [-0.15, -0.1) is 11.3 Å². The van der Waals surface area contributed by atoms with E-state index in [1.54, 1.807) is 10.9 Å². The Kier molecular flexibility index (Phi) is 4.87. The highest BCUT2D eigenvalue weighted by molar-refractivity contribution is 7.18. The van der Waals surface area contributed by atoms with Crippen molar-refractivity contribution >= 4 is 39.4 Å². The molecule has 3 aromatic heterocycles. The molecule has 0 radical (unpaired) electrons. The molecular formula is C20H18ClN5OS. The monoisotopic (exact) mass is 411 g/mol. The predicted molar refractivity (Wildman–Crippen MR) is 114 cm³/mol. The summed E-state index contributed by atoms with van der Waals surface area (Å²) in [6, 6.07) is 9.97. The highest BCUT2D eigenvalue weighted by atomic mass is 35.5. The molecule has 4 rings (SSSR count). The number of fused-ring (bicyclic) bond motifs is 1. The lowest BCUT2D eigenvalue weighted by molar-refractivity contribution is 0.680. The van der Waals surface area contributed by atoms with Crippen LogP contribution in [-0.2, 0) is 6.54 Å². The molecular weight excluding hydrogens is 394 g/mol. The van der Waals surface area contributed by atoms with Crippen molar-refractivity contribution in [3.05, 3.63) is 79.4 Å². The summed E-state index contributed by atoms with van der Waals surface area (Å²) >= 11 is 8.03. The molecule has 0 amide bonds. The summed E-state index contributed by atoms with van der Waals surface area (Å²) in [6.07, 6.45) is 3.00. The van der Waals surface area contributed by atoms with Gasteiger partial charge >= 0.3 is 0 Å². The van der Waals surface area contributed by atoms with Crippen molar-refractivity contribution in [2.45, 2.75) is 27.3 Å². The standard InChI is InChI=1S/C20H18ClN5OS/c1-12-14(3)28-19-17(12)20(27)26(11-22-19)23-9-16-13(2)24-25(18(16)21)10-15-7-5-4-6-8-15/h4-9,11H,10H2,1-3H3/b23-9+. The van der Waals surface area contributed by atoms with Crippen molar-refractivity contribution in [3.63, 3.8) is 0 Å². The normalized spacial score (nSPS) is 11.7. The van der Waals surface area contributed by atoms with Gasteiger partial charge in [-0.05, 0) is 31.9 Å². The van der Waals surface area contributed by atoms with Gasteiger partial charge in [-0.1, -0.05) is 41.9 Å². The van der Waals surface area contributed by atoms with Crippen LogP contribution in [-0.4, -0.2) is 25.7 Å². The Hall–Kier alpha value is -2.77. The molecule has 0 fully saturated rings. The Labute approximate surface area is 170 Å². The summed E-state index contributed by atoms with van der Waals surface area (Å²) in [5.41, 5.74) is 3.29. The number of halogens is 1. The zero-order chi connectivity index (χ0) is 19.8. The van der Waals surface area contributed by atoms with Crippen LogP contribution >= 0.6 is 22.9 Å². The number of thiophene rings is 1. The zero-order valence-electron chi connectivity index (χ0n) is 15.7. The molecule has 4 aromatic rings. The van der Waals surface area contributed by atoms with E-state index in [4.69, 9.17) is 11.6 Å². The Morgan fingerprint density at radius 1 is 1.21 bits per heavy atom. The topological polar surface area (TPSA) is 65.1 Å². The van der Waals surface area contributed by atoms with Crippen LogP contribution in [0.4, 0.5) is 0 Å². The van der Waals surface area contributed by atoms with Crippen LogP contribution in [0, 0.1) is 20.8 Å². The van der Waals surface area contributed by atoms with Crippen LogP contribution in [0.25, 0.3) is 10.2 Å². The number of benzene rings is 1. The second kappa shape index (κ2) is 7.33. The molecule has 0 atom stereocenters. The minimum atomic E-state index is -0.187. The molecule has 0 aliphatic carbocycles. The van der Waals surface area contributed by atoms with Crippen LogP contribution in [0.2, 0.25) is 5.15 Å². The van der Waals surface area contributed by atoms with Gasteiger partial charge in [0.2, 0.25) is 0 Å². The second-order valence-corrected chi connectivity index (χ2v) is 8.10. The molecule has 1 aromatic carbocycles. The van der Waals surface area contributed by atoms with Crippen molar-refractivity contribution in [1.29, 1.82) is 0 Å². The highest BCUT2D eigenvalue weighted by Gasteiger charge is 2.14. The molecule has 0 N–H and O–H groups in total. The lowest BCUT2D eigenvalue weighted by Gasteiger charge is -2.03. The molecule has 0 saturated heterocycles. The first kappa shape index (κ1) is 18.6. The lowest BCUT2D eigenvalue weighted by Crippen LogP contribution is -2.17. The van der Waals surface area contributed by atoms with E-state index in [0.29, 0.717) is 22.6 Å². The number of hydrogen-bond donors (Lipinski definition) is 0. The second-order valence-electron chi connectivity index (χ2n) is 6.54. The Morgan fingerprint density at radius 3 is 2.71 bits per heavy atom. The number of aryl methyl sites for hydroxylation is 3. The quantitative estimate of drug-likeness (QED) is 0.473. The number of nitrogens with zero attached hydrogens (tertiary/aromatic N) is 5. The van der Waals surface area contributed by atoms with E-state index in [0.717, 1.165) is 26.5 Å². The van der Waals surface area contributed by atoms with E-state index in [1.165, 1.54) is 22.3 Å². The van der Waals surface area contributed by atoms with Gasteiger partial charge in [0.15, 0.2) is 0 Å². The Morgan fingerprint density at radius 2 is 1.96 bits per heavy atom. The third-order valence-corrected chi connectivity index (χ3v) is 6.18. The van der Waals surface area contributed by atoms with Crippen molar-refractivity contribution < 1.29 is 0 Å². The van der Waals surface area contributed by atoms with E-state index in [-0.39, 0.29) is 5.56 Å². The fourth-order valence-corrected chi connectivity index (χ4v) is 4.27. The molecule has 0 spiro atoms. The number of aromatic nitrogens is 4. The summed E-state index contributed by atoms with van der Waals surface area (Å²) in [7, 11) is 0. The average molecular weight is 412 g/mol. The SMILES string of the molecule is Cc1nn(Cc2ccccc2)c(Cl)c1/C=N/n1cnc2sc(C)c(C)c2c1=O. The van der Waals surface area contributed by atoms with Gasteiger partial charge in [-0.25, -0.2) is 9.67 Å². The third kappa shape index (κ3) is 3.27. The lowest BCUT2D eigenvalue weighted by atomic mass is 10.2. The van der Waals surface area contributed by atoms with Gasteiger partial charge in [0.05, 0.1) is 29.4 Å². The summed E-state index contributed by atoms with van der Waals surface area (Å²) in [4.78, 5) is 18.9. The third-order valence-electron chi connectivity index (χ3n) is 4.67.